The molecule has 3 saturated carbocycles. The first-order valence-electron chi connectivity index (χ1n) is 51.0. The van der Waals surface area contributed by atoms with Gasteiger partial charge in [-0.2, -0.15) is 8.42 Å². The van der Waals surface area contributed by atoms with Gasteiger partial charge in [-0.05, 0) is 154 Å². The highest BCUT2D eigenvalue weighted by Gasteiger charge is 2.76. The van der Waals surface area contributed by atoms with Gasteiger partial charge < -0.3 is 131 Å². The number of aliphatic hydroxyl groups excluding tert-OH is 1. The van der Waals surface area contributed by atoms with Gasteiger partial charge in [-0.25, -0.2) is 14.0 Å². The number of anilines is 2. The Hall–Kier alpha value is -11.0. The maximum absolute atomic E-state index is 16.3. The molecule has 0 bridgehead atoms. The largest absolute Gasteiger partial charge is 0.445 e. The highest BCUT2D eigenvalue weighted by Crippen LogP contribution is 2.70. The Balaban J connectivity index is 0.666. The smallest absolute Gasteiger partial charge is 0.407 e. The van der Waals surface area contributed by atoms with Gasteiger partial charge >= 0.3 is 12.1 Å². The normalized spacial score (nSPS) is 22.3. The molecular formula is C103H149FN14O28S. The highest BCUT2D eigenvalue weighted by molar-refractivity contribution is 7.85. The van der Waals surface area contributed by atoms with Crippen molar-refractivity contribution >= 4 is 92.4 Å². The number of fused-ring (bicyclic) bond motifs is 9. The lowest BCUT2D eigenvalue weighted by Crippen LogP contribution is -2.65. The minimum atomic E-state index is -4.17. The number of ketones is 2. The number of alkyl halides is 1. The topological polar surface area (TPSA) is 578 Å². The van der Waals surface area contributed by atoms with Crippen LogP contribution < -0.4 is 75.1 Å². The number of carbonyl (C=O) groups is 12. The van der Waals surface area contributed by atoms with Gasteiger partial charge in [0.2, 0.25) is 47.3 Å². The van der Waals surface area contributed by atoms with E-state index in [2.05, 4.69) is 70.4 Å². The molecular weight excluding hydrogens is 1930 g/mol. The zero-order valence-corrected chi connectivity index (χ0v) is 85.6. The second-order valence-electron chi connectivity index (χ2n) is 38.1. The van der Waals surface area contributed by atoms with Crippen LogP contribution in [0.2, 0.25) is 0 Å². The van der Waals surface area contributed by atoms with Crippen LogP contribution in [0.4, 0.5) is 25.4 Å². The number of para-hydroxylation sites is 1. The van der Waals surface area contributed by atoms with E-state index in [4.69, 9.17) is 73.0 Å². The maximum atomic E-state index is 16.3. The number of primary amides is 1. The average molecular weight is 2080 g/mol. The van der Waals surface area contributed by atoms with Gasteiger partial charge in [0.05, 0.1) is 148 Å². The number of allylic oxidation sites excluding steroid dienone is 5. The lowest BCUT2D eigenvalue weighted by Gasteiger charge is -2.60. The molecule has 3 aromatic carbocycles. The van der Waals surface area contributed by atoms with Crippen molar-refractivity contribution in [2.75, 3.05) is 168 Å². The summed E-state index contributed by atoms with van der Waals surface area (Å²) in [6.45, 7) is 12.6. The van der Waals surface area contributed by atoms with Crippen molar-refractivity contribution in [3.8, 4) is 11.8 Å². The van der Waals surface area contributed by atoms with Gasteiger partial charge in [0.1, 0.15) is 43.6 Å². The third-order valence-electron chi connectivity index (χ3n) is 27.3. The number of alkyl carbamates (subject to hydrolysis) is 1. The van der Waals surface area contributed by atoms with E-state index < -0.39 is 159 Å². The summed E-state index contributed by atoms with van der Waals surface area (Å²) in [7, 11) is -4.17. The Morgan fingerprint density at radius 2 is 1.24 bits per heavy atom. The molecule has 3 aromatic rings. The van der Waals surface area contributed by atoms with Crippen LogP contribution in [-0.2, 0) is 128 Å². The second-order valence-corrected chi connectivity index (χ2v) is 39.7. The molecule has 0 radical (unpaired) electrons. The van der Waals surface area contributed by atoms with Crippen molar-refractivity contribution in [3.63, 3.8) is 0 Å². The van der Waals surface area contributed by atoms with Crippen molar-refractivity contribution in [2.45, 2.75) is 224 Å². The third-order valence-corrected chi connectivity index (χ3v) is 28.0. The van der Waals surface area contributed by atoms with E-state index in [0.29, 0.717) is 107 Å². The molecule has 147 heavy (non-hydrogen) atoms. The minimum absolute atomic E-state index is 0.00228. The standard InChI is InChI=1S/C103H149FN14O28S/c1-6-17-92-145-86-62-76-75-61-78(104)77-60-74(119)34-37-101(77,4)93(75)83(120)63-102(76,5)103(86,146-92)85(121)64-112-100(131)144-66-69-26-30-73(31-27-69)113-96(127)81(23-16-39-111-99(105)130)115-98(129)94(68(2)3)116-97(128)80(114-89(124)36-44-136-48-52-140-56-58-142-54-50-138-46-41-109-87(122)32-33-91(126)118-65-72-20-11-10-18-70(72)28-29-71-19-12-13-24-82(71)118)22-14-15-38-108-90(125)67-143-84-25-9-7-8-21-79(95(84)117-106)107-40-45-137-49-53-141-57-55-139-51-47-135-43-35-88(123)110-42-59-147(132,133)134/h10-13,18-20,24,26-27,30-31,34,37,60,68,75-76,78,80-81,83-84,86,92-94,107,117,120H,6-9,14-17,21-23,25,32-33,35-36,38-59,61-67,106H2,1-5H3,(H,108,125)(H,109,122)(H,110,123)(H,112,131)(H,113,127)(H,114,124)(H,115,129)(H,116,128)(H3,105,111,130)(H,132,133,134)/t75-,76?,78-,80+,81-,83-,84?,86+,92?,93?,94-,101-,102-,103+/m0/s1. The molecule has 42 nitrogen and oxygen atoms in total. The lowest BCUT2D eigenvalue weighted by molar-refractivity contribution is -0.200. The van der Waals surface area contributed by atoms with Gasteiger partial charge in [0.15, 0.2) is 23.5 Å². The number of hydrogen-bond donors (Lipinski definition) is 15. The van der Waals surface area contributed by atoms with Crippen LogP contribution >= 0.6 is 0 Å². The fourth-order valence-corrected chi connectivity index (χ4v) is 20.3. The van der Waals surface area contributed by atoms with Crippen molar-refractivity contribution in [3.05, 3.63) is 130 Å². The van der Waals surface area contributed by atoms with Crippen molar-refractivity contribution in [1.82, 2.24) is 53.3 Å². The quantitative estimate of drug-likeness (QED) is 0.0119. The van der Waals surface area contributed by atoms with Gasteiger partial charge in [0.25, 0.3) is 10.1 Å². The van der Waals surface area contributed by atoms with Crippen LogP contribution in [-0.4, -0.2) is 301 Å². The number of hydrazine groups is 1. The Bertz CT molecular complexity index is 5140. The molecule has 4 fully saturated rings. The molecule has 4 unspecified atom stereocenters. The third kappa shape index (κ3) is 36.4. The molecule has 812 valence electrons. The number of urea groups is 1. The van der Waals surface area contributed by atoms with Crippen molar-refractivity contribution in [2.24, 2.45) is 46.1 Å². The molecule has 7 aliphatic rings. The summed E-state index contributed by atoms with van der Waals surface area (Å²) in [4.78, 5) is 163. The molecule has 2 heterocycles. The summed E-state index contributed by atoms with van der Waals surface area (Å²) in [6, 6.07) is 16.8. The molecule has 44 heteroatoms. The second kappa shape index (κ2) is 60.6. The Labute approximate surface area is 858 Å². The number of aliphatic hydroxyl groups is 1. The number of nitrogens with one attached hydrogen (secondary N) is 11. The average Bonchev–Trinajstić information content (AvgIpc) is 1.51. The Morgan fingerprint density at radius 3 is 1.91 bits per heavy atom. The first kappa shape index (κ1) is 118. The molecule has 11 amide bonds. The maximum Gasteiger partial charge on any atom is 0.407 e. The molecule has 2 aliphatic heterocycles. The van der Waals surface area contributed by atoms with E-state index >= 15 is 4.39 Å². The Morgan fingerprint density at radius 1 is 0.639 bits per heavy atom. The van der Waals surface area contributed by atoms with Crippen LogP contribution in [0.5, 0.6) is 0 Å². The monoisotopic (exact) mass is 2080 g/mol. The van der Waals surface area contributed by atoms with Gasteiger partial charge in [-0.1, -0.05) is 114 Å². The predicted octanol–water partition coefficient (Wildman–Crippen LogP) is 4.76. The number of amides is 11. The number of benzene rings is 3. The van der Waals surface area contributed by atoms with Gasteiger partial charge in [-0.3, -0.25) is 58.3 Å². The van der Waals surface area contributed by atoms with E-state index in [1.165, 1.54) is 24.3 Å². The van der Waals surface area contributed by atoms with E-state index in [9.17, 15) is 71.1 Å². The van der Waals surface area contributed by atoms with Crippen LogP contribution in [0.3, 0.4) is 0 Å². The first-order valence-corrected chi connectivity index (χ1v) is 52.6. The van der Waals surface area contributed by atoms with E-state index in [0.717, 1.165) is 41.6 Å². The molecule has 10 rings (SSSR count). The zero-order chi connectivity index (χ0) is 106. The molecule has 14 atom stereocenters. The van der Waals surface area contributed by atoms with E-state index in [1.54, 1.807) is 37.0 Å². The Kier molecular flexibility index (Phi) is 48.6. The first-order chi connectivity index (χ1) is 70.7. The predicted molar refractivity (Wildman–Crippen MR) is 536 cm³/mol. The minimum Gasteiger partial charge on any atom is -0.445 e. The summed E-state index contributed by atoms with van der Waals surface area (Å²) < 4.78 is 117. The number of nitrogens with two attached hydrogens (primary N) is 2. The van der Waals surface area contributed by atoms with Crippen LogP contribution in [0.15, 0.2) is 108 Å². The number of hydrogen-bond acceptors (Lipinski definition) is 30. The van der Waals surface area contributed by atoms with E-state index in [-0.39, 0.29) is 205 Å². The number of unbranched alkanes of at least 4 members (excludes halogenated alkanes) is 1. The number of Topliss-reactive ketones (excluding diaryl/α,β-unsaturated/α-hetero) is 1. The molecule has 17 N–H and O–H groups in total. The number of nitrogens with zero attached hydrogens (tertiary/aromatic N) is 1. The zero-order valence-electron chi connectivity index (χ0n) is 84.8. The van der Waals surface area contributed by atoms with Crippen LogP contribution in [0, 0.1) is 46.3 Å². The van der Waals surface area contributed by atoms with Gasteiger partial charge in [-0.15, -0.1) is 0 Å². The summed E-state index contributed by atoms with van der Waals surface area (Å²) >= 11 is 0. The highest BCUT2D eigenvalue weighted by atomic mass is 32.2. The number of halogens is 1. The fourth-order valence-electron chi connectivity index (χ4n) is 20.0. The van der Waals surface area contributed by atoms with Crippen molar-refractivity contribution < 1.29 is 137 Å². The number of ether oxygens (including phenoxy) is 12. The molecule has 5 aliphatic carbocycles. The SMILES string of the molecule is CCCC1O[C@@H]2CC3[C@@H]4C[C@H](F)C5=CC(=O)C=C[C@]5(C)C4[C@@H](O)C[C@]3(C)[C@]2(C(=O)CNC(=O)OCc2ccc(NC(=O)[C@H](CCCNC(N)=O)NC(=O)[C@@H](NC(=O)[C@@H](CCCCNC(=O)COC3CCCCCC(NCCOCCOCCOCCOCCC(=O)NCCS(=O)(=O)O)=C3NN)NC(=O)CCOCCOCCOCCOCCNC(=O)CCC(=O)N3Cc4ccccc4C#Cc4ccccc43)C(C)C)cc2)O1. The summed E-state index contributed by atoms with van der Waals surface area (Å²) in [5.74, 6) is 5.33. The van der Waals surface area contributed by atoms with Crippen molar-refractivity contribution in [1.29, 1.82) is 0 Å². The van der Waals surface area contributed by atoms with Crippen LogP contribution in [0.25, 0.3) is 0 Å². The summed E-state index contributed by atoms with van der Waals surface area (Å²) in [5, 5.41) is 39.9. The van der Waals surface area contributed by atoms with Crippen LogP contribution in [0.1, 0.15) is 179 Å². The number of carbonyl (C=O) groups excluding carboxylic acids is 12. The summed E-state index contributed by atoms with van der Waals surface area (Å²) in [5.41, 5.74) is 10.3. The summed E-state index contributed by atoms with van der Waals surface area (Å²) in [6.07, 6.45) is 5.18. The van der Waals surface area contributed by atoms with Gasteiger partial charge in [0, 0.05) is 97.7 Å². The molecule has 0 aromatic heterocycles. The lowest BCUT2D eigenvalue weighted by atomic mass is 9.46. The molecule has 1 saturated heterocycles. The van der Waals surface area contributed by atoms with E-state index in [1.807, 2.05) is 69.3 Å². The fraction of sp³-hybridized carbons (Fsp3) is 0.631. The number of rotatable bonds is 65. The molecule has 0 spiro atoms.